The highest BCUT2D eigenvalue weighted by molar-refractivity contribution is 5.96. The van der Waals surface area contributed by atoms with E-state index in [0.29, 0.717) is 5.75 Å². The molecule has 7 heteroatoms. The van der Waals surface area contributed by atoms with Gasteiger partial charge in [0.25, 0.3) is 5.69 Å². The Morgan fingerprint density at radius 1 is 1.24 bits per heavy atom. The van der Waals surface area contributed by atoms with E-state index in [4.69, 9.17) is 9.84 Å². The third-order valence-corrected chi connectivity index (χ3v) is 2.91. The number of methoxy groups -OCH3 is 1. The van der Waals surface area contributed by atoms with Crippen molar-refractivity contribution in [3.8, 4) is 16.9 Å². The van der Waals surface area contributed by atoms with Gasteiger partial charge in [-0.1, -0.05) is 0 Å². The fourth-order valence-corrected chi connectivity index (χ4v) is 1.89. The summed E-state index contributed by atoms with van der Waals surface area (Å²) < 4.78 is 18.9. The van der Waals surface area contributed by atoms with Gasteiger partial charge in [0.05, 0.1) is 17.6 Å². The molecule has 0 fully saturated rings. The van der Waals surface area contributed by atoms with Crippen molar-refractivity contribution in [3.05, 3.63) is 57.9 Å². The highest BCUT2D eigenvalue weighted by Crippen LogP contribution is 2.32. The second-order valence-electron chi connectivity index (χ2n) is 4.14. The van der Waals surface area contributed by atoms with Gasteiger partial charge in [-0.15, -0.1) is 0 Å². The highest BCUT2D eigenvalue weighted by atomic mass is 19.1. The monoisotopic (exact) mass is 291 g/mol. The van der Waals surface area contributed by atoms with Crippen LogP contribution in [-0.4, -0.2) is 23.1 Å². The van der Waals surface area contributed by atoms with Gasteiger partial charge in [0.2, 0.25) is 0 Å². The molecule has 0 bridgehead atoms. The predicted molar refractivity (Wildman–Crippen MR) is 72.0 cm³/mol. The van der Waals surface area contributed by atoms with Gasteiger partial charge >= 0.3 is 5.97 Å². The molecule has 2 aromatic carbocycles. The molecular formula is C14H10FNO5. The van der Waals surface area contributed by atoms with Gasteiger partial charge in [0.15, 0.2) is 0 Å². The maximum Gasteiger partial charge on any atom is 0.336 e. The third-order valence-electron chi connectivity index (χ3n) is 2.91. The first-order chi connectivity index (χ1) is 9.93. The van der Waals surface area contributed by atoms with Crippen molar-refractivity contribution >= 4 is 11.7 Å². The first-order valence-electron chi connectivity index (χ1n) is 5.79. The Balaban J connectivity index is 2.73. The molecule has 0 aliphatic carbocycles. The molecule has 0 unspecified atom stereocenters. The molecule has 6 nitrogen and oxygen atoms in total. The van der Waals surface area contributed by atoms with Crippen LogP contribution < -0.4 is 4.74 Å². The van der Waals surface area contributed by atoms with Crippen LogP contribution >= 0.6 is 0 Å². The number of hydrogen-bond donors (Lipinski definition) is 1. The Kier molecular flexibility index (Phi) is 3.84. The zero-order valence-corrected chi connectivity index (χ0v) is 10.9. The number of hydrogen-bond acceptors (Lipinski definition) is 4. The van der Waals surface area contributed by atoms with Crippen LogP contribution in [0.15, 0.2) is 36.4 Å². The minimum atomic E-state index is -1.30. The molecule has 0 spiro atoms. The Labute approximate surface area is 118 Å². The smallest absolute Gasteiger partial charge is 0.336 e. The van der Waals surface area contributed by atoms with E-state index >= 15 is 0 Å². The maximum atomic E-state index is 13.9. The summed E-state index contributed by atoms with van der Waals surface area (Å²) in [6.07, 6.45) is 0. The van der Waals surface area contributed by atoms with Gasteiger partial charge < -0.3 is 9.84 Å². The lowest BCUT2D eigenvalue weighted by Crippen LogP contribution is -2.02. The average Bonchev–Trinajstić information content (AvgIpc) is 2.47. The standard InChI is InChI=1S/C14H10FNO5/c1-21-9-3-5-13(15)12(7-9)11-6-8(16(19)20)2-4-10(11)14(17)18/h2-7H,1H3,(H,17,18). The van der Waals surface area contributed by atoms with E-state index in [2.05, 4.69) is 0 Å². The number of nitro groups is 1. The van der Waals surface area contributed by atoms with Crippen LogP contribution in [0.4, 0.5) is 10.1 Å². The number of non-ortho nitro benzene ring substituents is 1. The number of halogens is 1. The predicted octanol–water partition coefficient (Wildman–Crippen LogP) is 3.11. The first-order valence-corrected chi connectivity index (χ1v) is 5.79. The molecule has 0 saturated heterocycles. The Morgan fingerprint density at radius 3 is 2.52 bits per heavy atom. The van der Waals surface area contributed by atoms with Crippen LogP contribution in [0, 0.1) is 15.9 Å². The van der Waals surface area contributed by atoms with Crippen molar-refractivity contribution in [1.29, 1.82) is 0 Å². The number of benzene rings is 2. The molecule has 0 heterocycles. The average molecular weight is 291 g/mol. The van der Waals surface area contributed by atoms with Crippen molar-refractivity contribution in [3.63, 3.8) is 0 Å². The summed E-state index contributed by atoms with van der Waals surface area (Å²) in [5.74, 6) is -1.69. The largest absolute Gasteiger partial charge is 0.497 e. The molecular weight excluding hydrogens is 281 g/mol. The Hall–Kier alpha value is -2.96. The number of ether oxygens (including phenoxy) is 1. The summed E-state index contributed by atoms with van der Waals surface area (Å²) in [6.45, 7) is 0. The van der Waals surface area contributed by atoms with Crippen LogP contribution in [-0.2, 0) is 0 Å². The molecule has 0 aromatic heterocycles. The summed E-state index contributed by atoms with van der Waals surface area (Å²) in [5.41, 5.74) is -0.700. The number of carbonyl (C=O) groups is 1. The molecule has 21 heavy (non-hydrogen) atoms. The van der Waals surface area contributed by atoms with Crippen molar-refractivity contribution in [1.82, 2.24) is 0 Å². The van der Waals surface area contributed by atoms with Crippen molar-refractivity contribution in [2.75, 3.05) is 7.11 Å². The van der Waals surface area contributed by atoms with E-state index in [1.807, 2.05) is 0 Å². The SMILES string of the molecule is COc1ccc(F)c(-c2cc([N+](=O)[O-])ccc2C(=O)O)c1. The minimum absolute atomic E-state index is 0.0737. The summed E-state index contributed by atoms with van der Waals surface area (Å²) in [6, 6.07) is 6.94. The van der Waals surface area contributed by atoms with Gasteiger partial charge in [-0.05, 0) is 24.3 Å². The van der Waals surface area contributed by atoms with Crippen LogP contribution in [0.25, 0.3) is 11.1 Å². The minimum Gasteiger partial charge on any atom is -0.497 e. The van der Waals surface area contributed by atoms with Crippen molar-refractivity contribution < 1.29 is 24.0 Å². The van der Waals surface area contributed by atoms with Gasteiger partial charge in [-0.3, -0.25) is 10.1 Å². The van der Waals surface area contributed by atoms with Crippen LogP contribution in [0.1, 0.15) is 10.4 Å². The Morgan fingerprint density at radius 2 is 1.95 bits per heavy atom. The lowest BCUT2D eigenvalue weighted by Gasteiger charge is -2.09. The fraction of sp³-hybridized carbons (Fsp3) is 0.0714. The van der Waals surface area contributed by atoms with Crippen LogP contribution in [0.5, 0.6) is 5.75 Å². The molecule has 1 N–H and O–H groups in total. The van der Waals surface area contributed by atoms with E-state index in [-0.39, 0.29) is 22.4 Å². The highest BCUT2D eigenvalue weighted by Gasteiger charge is 2.19. The normalized spacial score (nSPS) is 10.2. The van der Waals surface area contributed by atoms with Crippen molar-refractivity contribution in [2.24, 2.45) is 0 Å². The third kappa shape index (κ3) is 2.81. The number of aromatic carboxylic acids is 1. The number of carboxylic acid groups (broad SMARTS) is 1. The lowest BCUT2D eigenvalue weighted by atomic mass is 9.98. The maximum absolute atomic E-state index is 13.9. The van der Waals surface area contributed by atoms with E-state index in [1.165, 1.54) is 19.2 Å². The summed E-state index contributed by atoms with van der Waals surface area (Å²) >= 11 is 0. The van der Waals surface area contributed by atoms with Crippen LogP contribution in [0.2, 0.25) is 0 Å². The molecule has 2 aromatic rings. The number of rotatable bonds is 4. The quantitative estimate of drug-likeness (QED) is 0.690. The summed E-state index contributed by atoms with van der Waals surface area (Å²) in [7, 11) is 1.38. The molecule has 0 aliphatic heterocycles. The molecule has 0 atom stereocenters. The topological polar surface area (TPSA) is 89.7 Å². The zero-order valence-electron chi connectivity index (χ0n) is 10.9. The number of nitrogens with zero attached hydrogens (tertiary/aromatic N) is 1. The first kappa shape index (κ1) is 14.4. The zero-order chi connectivity index (χ0) is 15.6. The number of nitro benzene ring substituents is 1. The van der Waals surface area contributed by atoms with E-state index in [1.54, 1.807) is 0 Å². The summed E-state index contributed by atoms with van der Waals surface area (Å²) in [5, 5.41) is 20.0. The van der Waals surface area contributed by atoms with Gasteiger partial charge in [-0.25, -0.2) is 9.18 Å². The second-order valence-corrected chi connectivity index (χ2v) is 4.14. The molecule has 0 aliphatic rings. The van der Waals surface area contributed by atoms with Gasteiger partial charge in [-0.2, -0.15) is 0 Å². The molecule has 2 rings (SSSR count). The Bertz CT molecular complexity index is 729. The van der Waals surface area contributed by atoms with E-state index in [0.717, 1.165) is 24.3 Å². The number of carboxylic acids is 1. The lowest BCUT2D eigenvalue weighted by molar-refractivity contribution is -0.384. The molecule has 0 radical (unpaired) electrons. The van der Waals surface area contributed by atoms with Crippen molar-refractivity contribution in [2.45, 2.75) is 0 Å². The molecule has 0 saturated carbocycles. The second kappa shape index (κ2) is 5.58. The molecule has 0 amide bonds. The molecule has 108 valence electrons. The summed E-state index contributed by atoms with van der Waals surface area (Å²) in [4.78, 5) is 21.4. The van der Waals surface area contributed by atoms with Gasteiger partial charge in [0, 0.05) is 23.3 Å². The van der Waals surface area contributed by atoms with E-state index in [9.17, 15) is 19.3 Å². The van der Waals surface area contributed by atoms with Gasteiger partial charge in [0.1, 0.15) is 11.6 Å². The van der Waals surface area contributed by atoms with Crippen LogP contribution in [0.3, 0.4) is 0 Å². The van der Waals surface area contributed by atoms with E-state index < -0.39 is 16.7 Å². The fourth-order valence-electron chi connectivity index (χ4n) is 1.89.